The number of rotatable bonds is 2. The van der Waals surface area contributed by atoms with Gasteiger partial charge >= 0.3 is 6.09 Å². The molecule has 19 heavy (non-hydrogen) atoms. The van der Waals surface area contributed by atoms with Gasteiger partial charge in [-0.05, 0) is 47.2 Å². The second-order valence-electron chi connectivity index (χ2n) is 5.15. The van der Waals surface area contributed by atoms with Gasteiger partial charge in [-0.1, -0.05) is 0 Å². The normalized spacial score (nSPS) is 29.3. The third-order valence-corrected chi connectivity index (χ3v) is 4.41. The van der Waals surface area contributed by atoms with Crippen LogP contribution in [0, 0.1) is 5.92 Å². The Morgan fingerprint density at radius 1 is 1.47 bits per heavy atom. The van der Waals surface area contributed by atoms with E-state index >= 15 is 0 Å². The van der Waals surface area contributed by atoms with Crippen LogP contribution in [0.2, 0.25) is 0 Å². The van der Waals surface area contributed by atoms with Crippen molar-refractivity contribution < 1.29 is 14.6 Å². The van der Waals surface area contributed by atoms with Gasteiger partial charge in [-0.25, -0.2) is 9.78 Å². The highest BCUT2D eigenvalue weighted by Crippen LogP contribution is 2.37. The summed E-state index contributed by atoms with van der Waals surface area (Å²) in [5.74, 6) is 0.979. The lowest BCUT2D eigenvalue weighted by molar-refractivity contribution is -0.0326. The van der Waals surface area contributed by atoms with Crippen LogP contribution < -0.4 is 4.74 Å². The number of nitrogens with zero attached hydrogens (tertiary/aromatic N) is 2. The molecule has 102 valence electrons. The molecule has 3 heterocycles. The van der Waals surface area contributed by atoms with Crippen molar-refractivity contribution in [3.63, 3.8) is 0 Å². The summed E-state index contributed by atoms with van der Waals surface area (Å²) in [6.45, 7) is 0.646. The predicted octanol–water partition coefficient (Wildman–Crippen LogP) is 2.75. The van der Waals surface area contributed by atoms with Crippen LogP contribution in [0.15, 0.2) is 22.8 Å². The molecule has 4 rings (SSSR count). The van der Waals surface area contributed by atoms with Crippen molar-refractivity contribution >= 4 is 22.0 Å². The van der Waals surface area contributed by atoms with E-state index in [1.807, 2.05) is 6.07 Å². The minimum absolute atomic E-state index is 0.0343. The number of hydrogen-bond donors (Lipinski definition) is 1. The van der Waals surface area contributed by atoms with Crippen LogP contribution in [0.1, 0.15) is 19.3 Å². The second-order valence-corrected chi connectivity index (χ2v) is 6.07. The maximum absolute atomic E-state index is 11.2. The van der Waals surface area contributed by atoms with Gasteiger partial charge in [-0.3, -0.25) is 0 Å². The van der Waals surface area contributed by atoms with Crippen molar-refractivity contribution in [3.05, 3.63) is 22.8 Å². The quantitative estimate of drug-likeness (QED) is 0.907. The molecular weight excluding hydrogens is 312 g/mol. The molecule has 2 aliphatic heterocycles. The van der Waals surface area contributed by atoms with Gasteiger partial charge in [0.1, 0.15) is 6.10 Å². The summed E-state index contributed by atoms with van der Waals surface area (Å²) in [6, 6.07) is 3.64. The van der Waals surface area contributed by atoms with Gasteiger partial charge in [0.15, 0.2) is 0 Å². The van der Waals surface area contributed by atoms with Crippen LogP contribution >= 0.6 is 15.9 Å². The minimum Gasteiger partial charge on any atom is -0.472 e. The fraction of sp³-hybridized carbons (Fsp3) is 0.538. The van der Waals surface area contributed by atoms with E-state index in [1.54, 1.807) is 12.3 Å². The molecule has 3 unspecified atom stereocenters. The van der Waals surface area contributed by atoms with Crippen LogP contribution in [0.25, 0.3) is 0 Å². The Bertz CT molecular complexity index is 479. The lowest BCUT2D eigenvalue weighted by Gasteiger charge is -2.47. The van der Waals surface area contributed by atoms with Crippen LogP contribution in [0.4, 0.5) is 4.79 Å². The number of halogens is 1. The molecule has 1 aromatic heterocycles. The molecular formula is C13H15BrN2O3. The van der Waals surface area contributed by atoms with Gasteiger partial charge in [-0.2, -0.15) is 0 Å². The van der Waals surface area contributed by atoms with Gasteiger partial charge in [0.25, 0.3) is 0 Å². The number of carboxylic acid groups (broad SMARTS) is 1. The highest BCUT2D eigenvalue weighted by molar-refractivity contribution is 9.10. The molecule has 0 spiro atoms. The second kappa shape index (κ2) is 5.00. The Hall–Kier alpha value is -1.30. The van der Waals surface area contributed by atoms with Gasteiger partial charge in [0.2, 0.25) is 5.88 Å². The van der Waals surface area contributed by atoms with E-state index in [-0.39, 0.29) is 12.1 Å². The van der Waals surface area contributed by atoms with Crippen molar-refractivity contribution in [2.45, 2.75) is 31.4 Å². The van der Waals surface area contributed by atoms with E-state index in [0.29, 0.717) is 18.3 Å². The molecule has 0 radical (unpaired) electrons. The van der Waals surface area contributed by atoms with Crippen molar-refractivity contribution in [2.75, 3.05) is 6.54 Å². The highest BCUT2D eigenvalue weighted by Gasteiger charge is 2.44. The largest absolute Gasteiger partial charge is 0.472 e. The van der Waals surface area contributed by atoms with Crippen molar-refractivity contribution in [1.29, 1.82) is 0 Å². The first-order chi connectivity index (χ1) is 9.13. The number of pyridine rings is 1. The minimum atomic E-state index is -0.841. The molecule has 3 aliphatic rings. The summed E-state index contributed by atoms with van der Waals surface area (Å²) in [4.78, 5) is 17.0. The van der Waals surface area contributed by atoms with E-state index in [4.69, 9.17) is 4.74 Å². The smallest absolute Gasteiger partial charge is 0.407 e. The zero-order valence-corrected chi connectivity index (χ0v) is 11.9. The Balaban J connectivity index is 1.74. The molecule has 5 nitrogen and oxygen atoms in total. The van der Waals surface area contributed by atoms with Crippen LogP contribution in [-0.2, 0) is 0 Å². The van der Waals surface area contributed by atoms with Crippen molar-refractivity contribution in [3.8, 4) is 5.88 Å². The molecule has 1 amide bonds. The molecule has 0 aromatic carbocycles. The molecule has 3 atom stereocenters. The van der Waals surface area contributed by atoms with Gasteiger partial charge in [0.05, 0.1) is 6.04 Å². The van der Waals surface area contributed by atoms with Crippen LogP contribution in [-0.4, -0.2) is 39.8 Å². The third kappa shape index (κ3) is 2.54. The summed E-state index contributed by atoms with van der Waals surface area (Å²) >= 11 is 3.33. The molecule has 1 saturated carbocycles. The molecule has 1 aliphatic carbocycles. The van der Waals surface area contributed by atoms with Gasteiger partial charge in [-0.15, -0.1) is 0 Å². The first kappa shape index (κ1) is 12.7. The SMILES string of the molecule is O=C(O)N1CC2CCC1C(Oc1ccc(Br)cn1)C2. The number of fused-ring (bicyclic) bond motifs is 3. The Morgan fingerprint density at radius 2 is 2.32 bits per heavy atom. The fourth-order valence-corrected chi connectivity index (χ4v) is 3.30. The Labute approximate surface area is 119 Å². The van der Waals surface area contributed by atoms with E-state index in [9.17, 15) is 9.90 Å². The van der Waals surface area contributed by atoms with Gasteiger partial charge in [0, 0.05) is 23.3 Å². The summed E-state index contributed by atoms with van der Waals surface area (Å²) in [6.07, 6.45) is 3.68. The molecule has 2 saturated heterocycles. The van der Waals surface area contributed by atoms with E-state index < -0.39 is 6.09 Å². The Morgan fingerprint density at radius 3 is 2.95 bits per heavy atom. The first-order valence-corrected chi connectivity index (χ1v) is 7.20. The third-order valence-electron chi connectivity index (χ3n) is 3.94. The predicted molar refractivity (Wildman–Crippen MR) is 72.2 cm³/mol. The van der Waals surface area contributed by atoms with E-state index in [0.717, 1.165) is 23.7 Å². The zero-order valence-electron chi connectivity index (χ0n) is 10.3. The number of piperidine rings is 2. The molecule has 2 bridgehead atoms. The standard InChI is InChI=1S/C13H15BrN2O3/c14-9-2-4-12(15-6-9)19-11-5-8-1-3-10(11)16(7-8)13(17)18/h2,4,6,8,10-11H,1,3,5,7H2,(H,17,18). The number of carbonyl (C=O) groups is 1. The number of ether oxygens (including phenoxy) is 1. The van der Waals surface area contributed by atoms with Crippen molar-refractivity contribution in [2.24, 2.45) is 5.92 Å². The Kier molecular flexibility index (Phi) is 3.35. The average Bonchev–Trinajstić information content (AvgIpc) is 2.42. The van der Waals surface area contributed by atoms with Gasteiger partial charge < -0.3 is 14.7 Å². The summed E-state index contributed by atoms with van der Waals surface area (Å²) in [7, 11) is 0. The summed E-state index contributed by atoms with van der Waals surface area (Å²) in [5.41, 5.74) is 0. The lowest BCUT2D eigenvalue weighted by Crippen LogP contribution is -2.59. The summed E-state index contributed by atoms with van der Waals surface area (Å²) in [5, 5.41) is 9.23. The fourth-order valence-electron chi connectivity index (χ4n) is 3.07. The van der Waals surface area contributed by atoms with E-state index in [2.05, 4.69) is 20.9 Å². The number of aromatic nitrogens is 1. The van der Waals surface area contributed by atoms with Crippen LogP contribution in [0.5, 0.6) is 5.88 Å². The first-order valence-electron chi connectivity index (χ1n) is 6.41. The topological polar surface area (TPSA) is 62.7 Å². The molecule has 3 fully saturated rings. The summed E-state index contributed by atoms with van der Waals surface area (Å²) < 4.78 is 6.79. The monoisotopic (exact) mass is 326 g/mol. The maximum atomic E-state index is 11.2. The maximum Gasteiger partial charge on any atom is 0.407 e. The molecule has 6 heteroatoms. The average molecular weight is 327 g/mol. The molecule has 1 N–H and O–H groups in total. The van der Waals surface area contributed by atoms with Crippen molar-refractivity contribution in [1.82, 2.24) is 9.88 Å². The zero-order chi connectivity index (χ0) is 13.4. The number of hydrogen-bond acceptors (Lipinski definition) is 3. The lowest BCUT2D eigenvalue weighted by atomic mass is 9.78. The van der Waals surface area contributed by atoms with E-state index in [1.165, 1.54) is 4.90 Å². The van der Waals surface area contributed by atoms with Crippen LogP contribution in [0.3, 0.4) is 0 Å². The number of amides is 1. The highest BCUT2D eigenvalue weighted by atomic mass is 79.9. The molecule has 1 aromatic rings.